The first kappa shape index (κ1) is 20.5. The number of carbonyl (C=O) groups is 1. The van der Waals surface area contributed by atoms with E-state index in [1.807, 2.05) is 23.1 Å². The van der Waals surface area contributed by atoms with Gasteiger partial charge in [0.2, 0.25) is 5.91 Å². The van der Waals surface area contributed by atoms with Gasteiger partial charge in [0.1, 0.15) is 0 Å². The molecule has 2 heterocycles. The van der Waals surface area contributed by atoms with E-state index >= 15 is 0 Å². The van der Waals surface area contributed by atoms with E-state index in [4.69, 9.17) is 5.73 Å². The van der Waals surface area contributed by atoms with Gasteiger partial charge in [-0.1, -0.05) is 6.07 Å². The fraction of sp³-hybridized carbons (Fsp3) is 0.571. The summed E-state index contributed by atoms with van der Waals surface area (Å²) in [6.07, 6.45) is 2.82. The third kappa shape index (κ3) is 6.02. The second-order valence-corrected chi connectivity index (χ2v) is 6.03. The zero-order valence-electron chi connectivity index (χ0n) is 12.1. The molecular formula is C14H23Cl2N3OS. The molecule has 2 unspecified atom stereocenters. The zero-order valence-corrected chi connectivity index (χ0v) is 14.6. The molecule has 1 amide bonds. The molecule has 1 aromatic heterocycles. The van der Waals surface area contributed by atoms with E-state index in [0.717, 1.165) is 24.4 Å². The Morgan fingerprint density at radius 2 is 2.24 bits per heavy atom. The van der Waals surface area contributed by atoms with E-state index in [1.165, 1.54) is 0 Å². The third-order valence-corrected chi connectivity index (χ3v) is 4.47. The standard InChI is InChI=1S/C14H21N3OS.2ClH/c1-11-6-12(7-15)8-17(11)14(18)10-19-9-13-4-2-3-5-16-13;;/h2-5,11-12H,6-10,15H2,1H3;2*1H. The van der Waals surface area contributed by atoms with Crippen LogP contribution in [0.5, 0.6) is 0 Å². The number of aromatic nitrogens is 1. The predicted molar refractivity (Wildman–Crippen MR) is 93.2 cm³/mol. The molecule has 7 heteroatoms. The van der Waals surface area contributed by atoms with Gasteiger partial charge in [-0.2, -0.15) is 0 Å². The van der Waals surface area contributed by atoms with E-state index in [9.17, 15) is 4.79 Å². The van der Waals surface area contributed by atoms with Gasteiger partial charge in [-0.25, -0.2) is 0 Å². The molecule has 120 valence electrons. The number of halogens is 2. The van der Waals surface area contributed by atoms with Crippen molar-refractivity contribution in [2.24, 2.45) is 11.7 Å². The maximum absolute atomic E-state index is 12.2. The maximum Gasteiger partial charge on any atom is 0.232 e. The van der Waals surface area contributed by atoms with Gasteiger partial charge in [-0.15, -0.1) is 36.6 Å². The lowest BCUT2D eigenvalue weighted by atomic mass is 10.1. The van der Waals surface area contributed by atoms with Crippen LogP contribution in [-0.2, 0) is 10.5 Å². The summed E-state index contributed by atoms with van der Waals surface area (Å²) in [6.45, 7) is 3.60. The van der Waals surface area contributed by atoms with Crippen LogP contribution in [0.15, 0.2) is 24.4 Å². The Morgan fingerprint density at radius 3 is 2.81 bits per heavy atom. The summed E-state index contributed by atoms with van der Waals surface area (Å²) >= 11 is 1.63. The highest BCUT2D eigenvalue weighted by Crippen LogP contribution is 2.23. The van der Waals surface area contributed by atoms with Gasteiger partial charge in [0, 0.05) is 24.5 Å². The lowest BCUT2D eigenvalue weighted by Crippen LogP contribution is -2.35. The van der Waals surface area contributed by atoms with Crippen LogP contribution < -0.4 is 5.73 Å². The highest BCUT2D eigenvalue weighted by Gasteiger charge is 2.31. The van der Waals surface area contributed by atoms with Gasteiger partial charge in [-0.3, -0.25) is 9.78 Å². The summed E-state index contributed by atoms with van der Waals surface area (Å²) in [4.78, 5) is 18.4. The lowest BCUT2D eigenvalue weighted by molar-refractivity contribution is -0.128. The molecule has 1 fully saturated rings. The number of amides is 1. The molecule has 1 aliphatic heterocycles. The molecule has 0 spiro atoms. The van der Waals surface area contributed by atoms with Crippen molar-refractivity contribution in [3.05, 3.63) is 30.1 Å². The zero-order chi connectivity index (χ0) is 13.7. The molecule has 1 saturated heterocycles. The molecule has 0 bridgehead atoms. The average Bonchev–Trinajstić information content (AvgIpc) is 2.81. The Bertz CT molecular complexity index is 422. The molecule has 21 heavy (non-hydrogen) atoms. The van der Waals surface area contributed by atoms with Gasteiger partial charge < -0.3 is 10.6 Å². The number of rotatable bonds is 5. The number of likely N-dealkylation sites (tertiary alicyclic amines) is 1. The SMILES string of the molecule is CC1CC(CN)CN1C(=O)CSCc1ccccn1.Cl.Cl. The summed E-state index contributed by atoms with van der Waals surface area (Å²) in [7, 11) is 0. The largest absolute Gasteiger partial charge is 0.339 e. The second-order valence-electron chi connectivity index (χ2n) is 5.05. The molecule has 1 aromatic rings. The summed E-state index contributed by atoms with van der Waals surface area (Å²) < 4.78 is 0. The number of nitrogens with two attached hydrogens (primary N) is 1. The molecule has 4 nitrogen and oxygen atoms in total. The number of nitrogens with zero attached hydrogens (tertiary/aromatic N) is 2. The molecule has 0 radical (unpaired) electrons. The van der Waals surface area contributed by atoms with Gasteiger partial charge in [0.15, 0.2) is 0 Å². The molecule has 0 saturated carbocycles. The molecule has 0 aromatic carbocycles. The number of hydrogen-bond donors (Lipinski definition) is 1. The highest BCUT2D eigenvalue weighted by atomic mass is 35.5. The summed E-state index contributed by atoms with van der Waals surface area (Å²) in [5.74, 6) is 2.01. The first-order valence-electron chi connectivity index (χ1n) is 6.68. The Kier molecular flexibility index (Phi) is 10.0. The fourth-order valence-corrected chi connectivity index (χ4v) is 3.29. The van der Waals surface area contributed by atoms with Gasteiger partial charge in [0.05, 0.1) is 11.4 Å². The third-order valence-electron chi connectivity index (χ3n) is 3.52. The molecule has 0 aliphatic carbocycles. The van der Waals surface area contributed by atoms with Crippen LogP contribution >= 0.6 is 36.6 Å². The Labute approximate surface area is 143 Å². The van der Waals surface area contributed by atoms with E-state index in [1.54, 1.807) is 18.0 Å². The monoisotopic (exact) mass is 351 g/mol. The van der Waals surface area contributed by atoms with Crippen molar-refractivity contribution in [1.29, 1.82) is 0 Å². The molecule has 1 aliphatic rings. The highest BCUT2D eigenvalue weighted by molar-refractivity contribution is 7.99. The fourth-order valence-electron chi connectivity index (χ4n) is 2.47. The quantitative estimate of drug-likeness (QED) is 0.884. The first-order valence-corrected chi connectivity index (χ1v) is 7.83. The number of carbonyl (C=O) groups excluding carboxylic acids is 1. The van der Waals surface area contributed by atoms with E-state index in [2.05, 4.69) is 11.9 Å². The Balaban J connectivity index is 0.00000200. The normalized spacial score (nSPS) is 20.6. The minimum atomic E-state index is 0. The molecule has 2 rings (SSSR count). The molecule has 2 atom stereocenters. The van der Waals surface area contributed by atoms with Crippen molar-refractivity contribution in [3.8, 4) is 0 Å². The van der Waals surface area contributed by atoms with E-state index < -0.39 is 0 Å². The Morgan fingerprint density at radius 1 is 1.48 bits per heavy atom. The topological polar surface area (TPSA) is 59.2 Å². The number of pyridine rings is 1. The van der Waals surface area contributed by atoms with Crippen molar-refractivity contribution in [2.75, 3.05) is 18.8 Å². The smallest absolute Gasteiger partial charge is 0.232 e. The Hall–Kier alpha value is -0.490. The van der Waals surface area contributed by atoms with Crippen molar-refractivity contribution in [2.45, 2.75) is 25.1 Å². The average molecular weight is 352 g/mol. The van der Waals surface area contributed by atoms with Crippen molar-refractivity contribution >= 4 is 42.5 Å². The minimum Gasteiger partial charge on any atom is -0.339 e. The summed E-state index contributed by atoms with van der Waals surface area (Å²) in [6, 6.07) is 6.19. The van der Waals surface area contributed by atoms with Crippen LogP contribution in [0.1, 0.15) is 19.0 Å². The molecule has 2 N–H and O–H groups in total. The van der Waals surface area contributed by atoms with Crippen molar-refractivity contribution in [1.82, 2.24) is 9.88 Å². The van der Waals surface area contributed by atoms with Crippen LogP contribution in [-0.4, -0.2) is 40.7 Å². The van der Waals surface area contributed by atoms with Gasteiger partial charge >= 0.3 is 0 Å². The summed E-state index contributed by atoms with van der Waals surface area (Å²) in [5, 5.41) is 0. The summed E-state index contributed by atoms with van der Waals surface area (Å²) in [5.41, 5.74) is 6.71. The van der Waals surface area contributed by atoms with Crippen LogP contribution in [0.3, 0.4) is 0 Å². The van der Waals surface area contributed by atoms with Gasteiger partial charge in [-0.05, 0) is 37.9 Å². The molecular weight excluding hydrogens is 329 g/mol. The van der Waals surface area contributed by atoms with Crippen LogP contribution in [0.2, 0.25) is 0 Å². The van der Waals surface area contributed by atoms with E-state index in [-0.39, 0.29) is 30.7 Å². The predicted octanol–water partition coefficient (Wildman–Crippen LogP) is 2.35. The van der Waals surface area contributed by atoms with Crippen LogP contribution in [0.25, 0.3) is 0 Å². The van der Waals surface area contributed by atoms with Crippen molar-refractivity contribution in [3.63, 3.8) is 0 Å². The van der Waals surface area contributed by atoms with Crippen molar-refractivity contribution < 1.29 is 4.79 Å². The van der Waals surface area contributed by atoms with Gasteiger partial charge in [0.25, 0.3) is 0 Å². The van der Waals surface area contributed by atoms with Crippen LogP contribution in [0.4, 0.5) is 0 Å². The van der Waals surface area contributed by atoms with E-state index in [0.29, 0.717) is 24.3 Å². The van der Waals surface area contributed by atoms with Crippen LogP contribution in [0, 0.1) is 5.92 Å². The minimum absolute atomic E-state index is 0. The number of hydrogen-bond acceptors (Lipinski definition) is 4. The second kappa shape index (κ2) is 10.3. The first-order chi connectivity index (χ1) is 9.20. The lowest BCUT2D eigenvalue weighted by Gasteiger charge is -2.21. The number of thioether (sulfide) groups is 1. The maximum atomic E-state index is 12.2.